The second-order valence-electron chi connectivity index (χ2n) is 7.61. The Kier molecular flexibility index (Phi) is 5.75. The number of hydrogen-bond acceptors (Lipinski definition) is 4. The average Bonchev–Trinajstić information content (AvgIpc) is 3.39. The van der Waals surface area contributed by atoms with Crippen molar-refractivity contribution in [2.45, 2.75) is 45.1 Å². The number of anilines is 2. The van der Waals surface area contributed by atoms with Crippen LogP contribution in [0.1, 0.15) is 39.0 Å². The number of carbonyl (C=O) groups is 1. The Morgan fingerprint density at radius 3 is 2.31 bits per heavy atom. The summed E-state index contributed by atoms with van der Waals surface area (Å²) in [7, 11) is -3.43. The van der Waals surface area contributed by atoms with Crippen LogP contribution in [0.3, 0.4) is 0 Å². The van der Waals surface area contributed by atoms with Gasteiger partial charge < -0.3 is 10.2 Å². The molecule has 0 spiro atoms. The van der Waals surface area contributed by atoms with Gasteiger partial charge in [-0.05, 0) is 55.9 Å². The third-order valence-electron chi connectivity index (χ3n) is 5.17. The van der Waals surface area contributed by atoms with Gasteiger partial charge in [0.15, 0.2) is 0 Å². The van der Waals surface area contributed by atoms with Crippen LogP contribution in [0.2, 0.25) is 0 Å². The van der Waals surface area contributed by atoms with E-state index in [1.165, 1.54) is 23.4 Å². The zero-order valence-electron chi connectivity index (χ0n) is 15.6. The fourth-order valence-electron chi connectivity index (χ4n) is 3.31. The second kappa shape index (κ2) is 7.86. The minimum atomic E-state index is -3.43. The Hall–Kier alpha value is -1.76. The minimum Gasteiger partial charge on any atom is -0.372 e. The van der Waals surface area contributed by atoms with Gasteiger partial charge in [-0.2, -0.15) is 0 Å². The molecule has 1 amide bonds. The van der Waals surface area contributed by atoms with Gasteiger partial charge in [-0.1, -0.05) is 6.92 Å². The van der Waals surface area contributed by atoms with E-state index < -0.39 is 10.0 Å². The van der Waals surface area contributed by atoms with Gasteiger partial charge in [-0.3, -0.25) is 9.10 Å². The van der Waals surface area contributed by atoms with Crippen molar-refractivity contribution in [2.24, 2.45) is 5.92 Å². The number of benzene rings is 1. The number of hydrogen-bond donors (Lipinski definition) is 1. The molecule has 0 radical (unpaired) electrons. The molecule has 2 fully saturated rings. The zero-order valence-corrected chi connectivity index (χ0v) is 16.5. The van der Waals surface area contributed by atoms with Crippen molar-refractivity contribution in [1.82, 2.24) is 5.32 Å². The summed E-state index contributed by atoms with van der Waals surface area (Å²) in [6, 6.07) is 7.93. The predicted octanol–water partition coefficient (Wildman–Crippen LogP) is 2.36. The number of nitrogens with one attached hydrogen (secondary N) is 1. The minimum absolute atomic E-state index is 0.0831. The first kappa shape index (κ1) is 19.0. The molecule has 1 aliphatic heterocycles. The van der Waals surface area contributed by atoms with Gasteiger partial charge in [0.25, 0.3) is 0 Å². The van der Waals surface area contributed by atoms with Crippen molar-refractivity contribution in [2.75, 3.05) is 35.1 Å². The van der Waals surface area contributed by atoms with Gasteiger partial charge in [-0.15, -0.1) is 0 Å². The average molecular weight is 380 g/mol. The highest BCUT2D eigenvalue weighted by molar-refractivity contribution is 7.92. The molecule has 1 saturated heterocycles. The first-order valence-corrected chi connectivity index (χ1v) is 11.3. The zero-order chi connectivity index (χ0) is 18.7. The lowest BCUT2D eigenvalue weighted by Crippen LogP contribution is -2.35. The molecule has 1 aromatic carbocycles. The van der Waals surface area contributed by atoms with Crippen LogP contribution in [-0.4, -0.2) is 46.3 Å². The predicted molar refractivity (Wildman–Crippen MR) is 105 cm³/mol. The lowest BCUT2D eigenvalue weighted by atomic mass is 9.99. The van der Waals surface area contributed by atoms with Crippen LogP contribution in [0.15, 0.2) is 24.3 Å². The van der Waals surface area contributed by atoms with Gasteiger partial charge in [0.1, 0.15) is 0 Å². The van der Waals surface area contributed by atoms with E-state index in [4.69, 9.17) is 0 Å². The van der Waals surface area contributed by atoms with Crippen LogP contribution < -0.4 is 14.5 Å². The lowest BCUT2D eigenvalue weighted by Gasteiger charge is -2.32. The molecule has 6 nitrogen and oxygen atoms in total. The molecular weight excluding hydrogens is 350 g/mol. The number of sulfonamides is 1. The Morgan fingerprint density at radius 2 is 1.77 bits per heavy atom. The first-order chi connectivity index (χ1) is 12.3. The molecule has 0 bridgehead atoms. The van der Waals surface area contributed by atoms with Crippen molar-refractivity contribution in [3.63, 3.8) is 0 Å². The van der Waals surface area contributed by atoms with Gasteiger partial charge >= 0.3 is 0 Å². The van der Waals surface area contributed by atoms with Crippen molar-refractivity contribution in [3.05, 3.63) is 24.3 Å². The maximum Gasteiger partial charge on any atom is 0.232 e. The number of carbonyl (C=O) groups excluding carboxylic acids is 1. The molecular formula is C19H29N3O3S. The summed E-state index contributed by atoms with van der Waals surface area (Å²) in [4.78, 5) is 14.2. The normalized spacial score (nSPS) is 18.6. The van der Waals surface area contributed by atoms with Crippen molar-refractivity contribution in [3.8, 4) is 0 Å². The molecule has 1 aromatic rings. The number of rotatable bonds is 7. The van der Waals surface area contributed by atoms with Crippen LogP contribution in [0.25, 0.3) is 0 Å². The first-order valence-electron chi connectivity index (χ1n) is 9.45. The second-order valence-corrected chi connectivity index (χ2v) is 9.52. The standard InChI is InChI=1S/C19H29N3O3S/c1-15-9-12-21(13-10-15)17-5-7-18(8-6-17)22(26(2,24)25)14-11-19(23)20-16-3-4-16/h5-8,15-16H,3-4,9-14H2,1-2H3,(H,20,23). The number of nitrogens with zero attached hydrogens (tertiary/aromatic N) is 2. The van der Waals surface area contributed by atoms with Crippen LogP contribution in [0.5, 0.6) is 0 Å². The summed E-state index contributed by atoms with van der Waals surface area (Å²) in [6.45, 7) is 4.52. The highest BCUT2D eigenvalue weighted by Crippen LogP contribution is 2.26. The van der Waals surface area contributed by atoms with Crippen LogP contribution in [0, 0.1) is 5.92 Å². The van der Waals surface area contributed by atoms with Crippen molar-refractivity contribution in [1.29, 1.82) is 0 Å². The summed E-state index contributed by atoms with van der Waals surface area (Å²) in [6.07, 6.45) is 5.79. The maximum absolute atomic E-state index is 12.2. The molecule has 3 rings (SSSR count). The van der Waals surface area contributed by atoms with E-state index in [2.05, 4.69) is 17.1 Å². The maximum atomic E-state index is 12.2. The Balaban J connectivity index is 1.65. The smallest absolute Gasteiger partial charge is 0.232 e. The van der Waals surface area contributed by atoms with Gasteiger partial charge in [-0.25, -0.2) is 8.42 Å². The number of amides is 1. The molecule has 26 heavy (non-hydrogen) atoms. The molecule has 0 unspecified atom stereocenters. The summed E-state index contributed by atoms with van der Waals surface area (Å²) in [5.74, 6) is 0.688. The highest BCUT2D eigenvalue weighted by Gasteiger charge is 2.25. The molecule has 7 heteroatoms. The summed E-state index contributed by atoms with van der Waals surface area (Å²) in [5.41, 5.74) is 1.74. The third kappa shape index (κ3) is 5.13. The summed E-state index contributed by atoms with van der Waals surface area (Å²) in [5, 5.41) is 2.90. The Bertz CT molecular complexity index is 721. The fourth-order valence-corrected chi connectivity index (χ4v) is 4.24. The summed E-state index contributed by atoms with van der Waals surface area (Å²) < 4.78 is 25.7. The Morgan fingerprint density at radius 1 is 1.15 bits per heavy atom. The molecule has 1 N–H and O–H groups in total. The molecule has 1 heterocycles. The topological polar surface area (TPSA) is 69.7 Å². The van der Waals surface area contributed by atoms with E-state index in [-0.39, 0.29) is 18.9 Å². The van der Waals surface area contributed by atoms with E-state index in [1.807, 2.05) is 24.3 Å². The summed E-state index contributed by atoms with van der Waals surface area (Å²) >= 11 is 0. The molecule has 1 aliphatic carbocycles. The molecule has 2 aliphatic rings. The van der Waals surface area contributed by atoms with E-state index in [0.29, 0.717) is 11.7 Å². The number of piperidine rings is 1. The SMILES string of the molecule is CC1CCN(c2ccc(N(CCC(=O)NC3CC3)S(C)(=O)=O)cc2)CC1. The van der Waals surface area contributed by atoms with Gasteiger partial charge in [0, 0.05) is 37.8 Å². The van der Waals surface area contributed by atoms with Gasteiger partial charge in [0.05, 0.1) is 11.9 Å². The molecule has 0 aromatic heterocycles. The molecule has 144 valence electrons. The van der Waals surface area contributed by atoms with E-state index >= 15 is 0 Å². The van der Waals surface area contributed by atoms with E-state index in [0.717, 1.165) is 37.5 Å². The third-order valence-corrected chi connectivity index (χ3v) is 6.37. The molecule has 0 atom stereocenters. The quantitative estimate of drug-likeness (QED) is 0.790. The van der Waals surface area contributed by atoms with Gasteiger partial charge in [0.2, 0.25) is 15.9 Å². The largest absolute Gasteiger partial charge is 0.372 e. The van der Waals surface area contributed by atoms with Crippen molar-refractivity contribution < 1.29 is 13.2 Å². The van der Waals surface area contributed by atoms with Crippen molar-refractivity contribution >= 4 is 27.3 Å². The van der Waals surface area contributed by atoms with E-state index in [1.54, 1.807) is 0 Å². The monoisotopic (exact) mass is 379 g/mol. The van der Waals surface area contributed by atoms with Crippen LogP contribution in [0.4, 0.5) is 11.4 Å². The Labute approximate surface area is 156 Å². The fraction of sp³-hybridized carbons (Fsp3) is 0.632. The van der Waals surface area contributed by atoms with E-state index in [9.17, 15) is 13.2 Å². The van der Waals surface area contributed by atoms with Crippen LogP contribution in [-0.2, 0) is 14.8 Å². The van der Waals surface area contributed by atoms with Crippen LogP contribution >= 0.6 is 0 Å². The lowest BCUT2D eigenvalue weighted by molar-refractivity contribution is -0.121. The highest BCUT2D eigenvalue weighted by atomic mass is 32.2. The molecule has 1 saturated carbocycles.